The third kappa shape index (κ3) is 2.95. The Balaban J connectivity index is 2.12. The molecule has 1 aliphatic carbocycles. The van der Waals surface area contributed by atoms with Gasteiger partial charge in [-0.1, -0.05) is 17.7 Å². The third-order valence-corrected chi connectivity index (χ3v) is 5.31. The van der Waals surface area contributed by atoms with E-state index >= 15 is 0 Å². The highest BCUT2D eigenvalue weighted by Gasteiger charge is 2.48. The summed E-state index contributed by atoms with van der Waals surface area (Å²) in [4.78, 5) is 13.1. The Hall–Kier alpha value is -1.00. The van der Waals surface area contributed by atoms with Crippen LogP contribution in [0.1, 0.15) is 24.0 Å². The van der Waals surface area contributed by atoms with Gasteiger partial charge in [0, 0.05) is 10.6 Å². The summed E-state index contributed by atoms with van der Waals surface area (Å²) in [6.45, 7) is 4.20. The number of thioether (sulfide) groups is 1. The molecular weight excluding hydrogens is 256 g/mol. The molecule has 0 aliphatic heterocycles. The summed E-state index contributed by atoms with van der Waals surface area (Å²) >= 11 is 1.72. The highest BCUT2D eigenvalue weighted by Crippen LogP contribution is 2.42. The first-order chi connectivity index (χ1) is 8.99. The predicted octanol–water partition coefficient (Wildman–Crippen LogP) is 2.25. The van der Waals surface area contributed by atoms with E-state index in [9.17, 15) is 4.79 Å². The van der Waals surface area contributed by atoms with Gasteiger partial charge in [0.2, 0.25) is 5.91 Å². The molecule has 0 spiro atoms. The number of carbonyl (C=O) groups is 1. The van der Waals surface area contributed by atoms with Crippen molar-refractivity contribution in [2.24, 2.45) is 11.7 Å². The molecule has 19 heavy (non-hydrogen) atoms. The Morgan fingerprint density at radius 1 is 1.47 bits per heavy atom. The van der Waals surface area contributed by atoms with Crippen LogP contribution in [0.3, 0.4) is 0 Å². The summed E-state index contributed by atoms with van der Waals surface area (Å²) in [6, 6.07) is 6.41. The summed E-state index contributed by atoms with van der Waals surface area (Å²) < 4.78 is 0. The number of likely N-dealkylation sites (N-methyl/N-ethyl adjacent to an activating group) is 1. The lowest BCUT2D eigenvalue weighted by molar-refractivity contribution is -0.124. The van der Waals surface area contributed by atoms with Crippen molar-refractivity contribution in [3.05, 3.63) is 29.3 Å². The largest absolute Gasteiger partial charge is 0.368 e. The molecule has 3 nitrogen and oxygen atoms in total. The van der Waals surface area contributed by atoms with Crippen LogP contribution in [0.4, 0.5) is 0 Å². The summed E-state index contributed by atoms with van der Waals surface area (Å²) in [5.74, 6) is 0.871. The zero-order valence-corrected chi connectivity index (χ0v) is 12.6. The van der Waals surface area contributed by atoms with Crippen LogP contribution in [0.15, 0.2) is 23.1 Å². The van der Waals surface area contributed by atoms with E-state index in [1.807, 2.05) is 7.05 Å². The van der Waals surface area contributed by atoms with E-state index in [0.29, 0.717) is 11.7 Å². The molecule has 104 valence electrons. The molecule has 1 unspecified atom stereocenters. The van der Waals surface area contributed by atoms with Gasteiger partial charge in [-0.25, -0.2) is 0 Å². The highest BCUT2D eigenvalue weighted by atomic mass is 32.2. The predicted molar refractivity (Wildman–Crippen MR) is 80.3 cm³/mol. The maximum atomic E-state index is 11.8. The normalized spacial score (nSPS) is 18.1. The lowest BCUT2D eigenvalue weighted by atomic mass is 9.95. The second kappa shape index (κ2) is 5.55. The number of primary amides is 1. The van der Waals surface area contributed by atoms with Crippen LogP contribution in [0.25, 0.3) is 0 Å². The maximum Gasteiger partial charge on any atom is 0.238 e. The van der Waals surface area contributed by atoms with Gasteiger partial charge in [0.25, 0.3) is 0 Å². The molecule has 1 fully saturated rings. The van der Waals surface area contributed by atoms with Gasteiger partial charge in [0.05, 0.1) is 0 Å². The monoisotopic (exact) mass is 278 g/mol. The van der Waals surface area contributed by atoms with Crippen molar-refractivity contribution in [3.63, 3.8) is 0 Å². The van der Waals surface area contributed by atoms with Crippen molar-refractivity contribution in [2.45, 2.75) is 37.1 Å². The topological polar surface area (TPSA) is 55.1 Å². The molecule has 1 saturated carbocycles. The minimum Gasteiger partial charge on any atom is -0.368 e. The van der Waals surface area contributed by atoms with Crippen LogP contribution in [0.2, 0.25) is 0 Å². The molecule has 0 bridgehead atoms. The Morgan fingerprint density at radius 3 is 2.63 bits per heavy atom. The SMILES string of the molecule is CNC(CSc1ccc(C)cc1C)(C(N)=O)C1CC1. The number of hydrogen-bond donors (Lipinski definition) is 2. The van der Waals surface area contributed by atoms with Crippen LogP contribution >= 0.6 is 11.8 Å². The number of carbonyl (C=O) groups excluding carboxylic acids is 1. The molecule has 0 saturated heterocycles. The first-order valence-electron chi connectivity index (χ1n) is 6.68. The van der Waals surface area contributed by atoms with E-state index in [1.54, 1.807) is 11.8 Å². The molecule has 0 aromatic heterocycles. The fraction of sp³-hybridized carbons (Fsp3) is 0.533. The lowest BCUT2D eigenvalue weighted by Gasteiger charge is -2.30. The van der Waals surface area contributed by atoms with Gasteiger partial charge in [-0.3, -0.25) is 4.79 Å². The van der Waals surface area contributed by atoms with Crippen molar-refractivity contribution < 1.29 is 4.79 Å². The van der Waals surface area contributed by atoms with E-state index in [4.69, 9.17) is 5.73 Å². The zero-order valence-electron chi connectivity index (χ0n) is 11.8. The summed E-state index contributed by atoms with van der Waals surface area (Å²) in [5.41, 5.74) is 7.60. The summed E-state index contributed by atoms with van der Waals surface area (Å²) in [6.07, 6.45) is 2.19. The molecule has 1 aliphatic rings. The molecule has 1 amide bonds. The molecular formula is C15H22N2OS. The standard InChI is InChI=1S/C15H22N2OS/c1-10-4-7-13(11(2)8-10)19-9-15(17-3,14(16)18)12-5-6-12/h4,7-8,12,17H,5-6,9H2,1-3H3,(H2,16,18). The third-order valence-electron chi connectivity index (χ3n) is 3.95. The molecule has 3 N–H and O–H groups in total. The number of nitrogens with two attached hydrogens (primary N) is 1. The molecule has 4 heteroatoms. The van der Waals surface area contributed by atoms with Crippen molar-refractivity contribution >= 4 is 17.7 Å². The van der Waals surface area contributed by atoms with Crippen LogP contribution in [-0.2, 0) is 4.79 Å². The fourth-order valence-corrected chi connectivity index (χ4v) is 3.87. The van der Waals surface area contributed by atoms with Gasteiger partial charge >= 0.3 is 0 Å². The van der Waals surface area contributed by atoms with Gasteiger partial charge in [0.15, 0.2) is 0 Å². The van der Waals surface area contributed by atoms with Crippen LogP contribution in [0.5, 0.6) is 0 Å². The van der Waals surface area contributed by atoms with Crippen LogP contribution < -0.4 is 11.1 Å². The Morgan fingerprint density at radius 2 is 2.16 bits per heavy atom. The number of amides is 1. The highest BCUT2D eigenvalue weighted by molar-refractivity contribution is 7.99. The van der Waals surface area contributed by atoms with E-state index in [0.717, 1.165) is 12.8 Å². The van der Waals surface area contributed by atoms with Crippen molar-refractivity contribution in [1.29, 1.82) is 0 Å². The van der Waals surface area contributed by atoms with E-state index in [2.05, 4.69) is 37.4 Å². The Bertz CT molecular complexity index is 485. The Labute approximate surface area is 119 Å². The van der Waals surface area contributed by atoms with E-state index in [1.165, 1.54) is 16.0 Å². The van der Waals surface area contributed by atoms with Crippen LogP contribution in [0, 0.1) is 19.8 Å². The lowest BCUT2D eigenvalue weighted by Crippen LogP contribution is -2.57. The molecule has 2 rings (SSSR count). The average Bonchev–Trinajstić information content (AvgIpc) is 3.17. The minimum absolute atomic E-state index is 0.227. The first-order valence-corrected chi connectivity index (χ1v) is 7.67. The number of rotatable bonds is 6. The summed E-state index contributed by atoms with van der Waals surface area (Å²) in [5, 5.41) is 3.18. The van der Waals surface area contributed by atoms with Gasteiger partial charge < -0.3 is 11.1 Å². The van der Waals surface area contributed by atoms with Gasteiger partial charge in [-0.15, -0.1) is 11.8 Å². The quantitative estimate of drug-likeness (QED) is 0.785. The van der Waals surface area contributed by atoms with Crippen LogP contribution in [-0.4, -0.2) is 24.2 Å². The van der Waals surface area contributed by atoms with E-state index < -0.39 is 5.54 Å². The molecule has 1 aromatic rings. The maximum absolute atomic E-state index is 11.8. The smallest absolute Gasteiger partial charge is 0.238 e. The second-order valence-electron chi connectivity index (χ2n) is 5.42. The minimum atomic E-state index is -0.554. The van der Waals surface area contributed by atoms with E-state index in [-0.39, 0.29) is 5.91 Å². The molecule has 1 aromatic carbocycles. The number of benzene rings is 1. The number of hydrogen-bond acceptors (Lipinski definition) is 3. The van der Waals surface area contributed by atoms with Gasteiger partial charge in [-0.2, -0.15) is 0 Å². The molecule has 0 heterocycles. The summed E-state index contributed by atoms with van der Waals surface area (Å²) in [7, 11) is 1.84. The van der Waals surface area contributed by atoms with Crippen molar-refractivity contribution in [1.82, 2.24) is 5.32 Å². The number of nitrogens with one attached hydrogen (secondary N) is 1. The van der Waals surface area contributed by atoms with Crippen molar-refractivity contribution in [2.75, 3.05) is 12.8 Å². The molecule has 0 radical (unpaired) electrons. The average molecular weight is 278 g/mol. The van der Waals surface area contributed by atoms with Gasteiger partial charge in [0.1, 0.15) is 5.54 Å². The van der Waals surface area contributed by atoms with Crippen molar-refractivity contribution in [3.8, 4) is 0 Å². The zero-order chi connectivity index (χ0) is 14.0. The second-order valence-corrected chi connectivity index (χ2v) is 6.43. The first kappa shape index (κ1) is 14.4. The molecule has 1 atom stereocenters. The Kier molecular flexibility index (Phi) is 4.21. The number of aryl methyl sites for hydroxylation is 2. The van der Waals surface area contributed by atoms with Gasteiger partial charge in [-0.05, 0) is 51.3 Å². The fourth-order valence-electron chi connectivity index (χ4n) is 2.52.